The van der Waals surface area contributed by atoms with Crippen molar-refractivity contribution in [1.29, 1.82) is 0 Å². The molecule has 0 aliphatic carbocycles. The molecule has 1 fully saturated rings. The Balaban J connectivity index is 1.37. The van der Waals surface area contributed by atoms with E-state index in [-0.39, 0.29) is 29.4 Å². The number of H-pyrrole nitrogens is 1. The van der Waals surface area contributed by atoms with Gasteiger partial charge in [0.25, 0.3) is 0 Å². The lowest BCUT2D eigenvalue weighted by atomic mass is 10.2. The van der Waals surface area contributed by atoms with Crippen LogP contribution in [0.2, 0.25) is 0 Å². The maximum Gasteiger partial charge on any atom is 0.402 e. The molecule has 0 bridgehead atoms. The van der Waals surface area contributed by atoms with E-state index in [0.29, 0.717) is 11.2 Å². The lowest BCUT2D eigenvalue weighted by Gasteiger charge is -2.18. The first-order valence-electron chi connectivity index (χ1n) is 9.02. The molecule has 4 rings (SSSR count). The summed E-state index contributed by atoms with van der Waals surface area (Å²) in [5.41, 5.74) is 6.72. The number of anilines is 1. The van der Waals surface area contributed by atoms with Gasteiger partial charge in [0.1, 0.15) is 29.2 Å². The molecule has 13 heteroatoms. The van der Waals surface area contributed by atoms with E-state index < -0.39 is 32.4 Å². The zero-order chi connectivity index (χ0) is 21.3. The van der Waals surface area contributed by atoms with E-state index in [4.69, 9.17) is 31.9 Å². The van der Waals surface area contributed by atoms with Gasteiger partial charge in [-0.15, -0.1) is 0 Å². The lowest BCUT2D eigenvalue weighted by Crippen LogP contribution is -2.26. The molecule has 11 nitrogen and oxygen atoms in total. The van der Waals surface area contributed by atoms with Gasteiger partial charge < -0.3 is 34.7 Å². The van der Waals surface area contributed by atoms with Crippen LogP contribution in [-0.2, 0) is 14.0 Å². The van der Waals surface area contributed by atoms with E-state index in [0.717, 1.165) is 0 Å². The Bertz CT molecular complexity index is 1140. The fraction of sp³-hybridized carbons (Fsp3) is 0.353. The Hall–Kier alpha value is -2.34. The molecule has 2 aromatic heterocycles. The van der Waals surface area contributed by atoms with E-state index in [9.17, 15) is 14.6 Å². The quantitative estimate of drug-likeness (QED) is 0.308. The van der Waals surface area contributed by atoms with Crippen molar-refractivity contribution in [3.05, 3.63) is 41.3 Å². The minimum atomic E-state index is -4.01. The lowest BCUT2D eigenvalue weighted by molar-refractivity contribution is -0.0563. The summed E-state index contributed by atoms with van der Waals surface area (Å²) in [5.74, 6) is 0.409. The molecule has 0 spiro atoms. The zero-order valence-corrected chi connectivity index (χ0v) is 17.3. The number of imidazole rings is 1. The number of rotatable bonds is 7. The zero-order valence-electron chi connectivity index (χ0n) is 15.6. The highest BCUT2D eigenvalue weighted by Gasteiger charge is 2.36. The molecule has 3 aromatic rings. The van der Waals surface area contributed by atoms with Crippen LogP contribution in [0, 0.1) is 4.64 Å². The second-order valence-corrected chi connectivity index (χ2v) is 8.85. The Morgan fingerprint density at radius 1 is 1.40 bits per heavy atom. The predicted octanol–water partition coefficient (Wildman–Crippen LogP) is 1.96. The summed E-state index contributed by atoms with van der Waals surface area (Å²) < 4.78 is 30.3. The third-order valence-corrected chi connectivity index (χ3v) is 5.80. The first kappa shape index (κ1) is 20.9. The van der Waals surface area contributed by atoms with Crippen LogP contribution >= 0.6 is 19.8 Å². The van der Waals surface area contributed by atoms with Gasteiger partial charge in [0.2, 0.25) is 0 Å². The fourth-order valence-electron chi connectivity index (χ4n) is 3.16. The third-order valence-electron chi connectivity index (χ3n) is 4.51. The number of aromatic amines is 1. The smallest absolute Gasteiger partial charge is 0.402 e. The number of aromatic nitrogens is 4. The summed E-state index contributed by atoms with van der Waals surface area (Å²) >= 11 is 5.16. The van der Waals surface area contributed by atoms with Crippen molar-refractivity contribution >= 4 is 36.9 Å². The summed E-state index contributed by atoms with van der Waals surface area (Å²) in [4.78, 5) is 21.0. The molecule has 1 unspecified atom stereocenters. The van der Waals surface area contributed by atoms with Crippen LogP contribution in [-0.4, -0.2) is 54.7 Å². The average Bonchev–Trinajstić information content (AvgIpc) is 3.26. The van der Waals surface area contributed by atoms with Crippen LogP contribution < -0.4 is 10.3 Å². The van der Waals surface area contributed by atoms with Gasteiger partial charge >= 0.3 is 7.60 Å². The van der Waals surface area contributed by atoms with Gasteiger partial charge in [-0.3, -0.25) is 4.57 Å². The number of nitrogen functional groups attached to an aromatic ring is 1. The number of nitrogens with two attached hydrogens (primary N) is 1. The Labute approximate surface area is 176 Å². The molecule has 0 radical (unpaired) electrons. The minimum Gasteiger partial charge on any atom is -0.423 e. The Kier molecular flexibility index (Phi) is 5.87. The number of aliphatic hydroxyl groups excluding tert-OH is 1. The molecule has 1 aliphatic rings. The molecule has 160 valence electrons. The highest BCUT2D eigenvalue weighted by Crippen LogP contribution is 2.42. The molecule has 1 aromatic carbocycles. The number of nitrogens with zero attached hydrogens (tertiary/aromatic N) is 3. The molecule has 5 N–H and O–H groups in total. The maximum absolute atomic E-state index is 12.2. The standard InChI is InChI=1S/C17H20N5O6PS/c18-17-20-15-14(16(30)21-17)19-8-22(15)13-6-11(23)12(27-13)7-26-9-29(24,25)28-10-4-2-1-3-5-10/h1-5,8,11-13,23H,6-7,9H2,(H,24,25)(H3,18,20,21,30)/t11-,12+,13+/m0/s1. The number of hydrogen-bond donors (Lipinski definition) is 4. The van der Waals surface area contributed by atoms with Crippen LogP contribution in [0.4, 0.5) is 5.95 Å². The fourth-order valence-corrected chi connectivity index (χ4v) is 4.25. The van der Waals surface area contributed by atoms with Crippen molar-refractivity contribution in [2.45, 2.75) is 24.9 Å². The second-order valence-electron chi connectivity index (χ2n) is 6.75. The van der Waals surface area contributed by atoms with Gasteiger partial charge in [-0.2, -0.15) is 0 Å². The summed E-state index contributed by atoms with van der Waals surface area (Å²) in [7, 11) is -4.01. The van der Waals surface area contributed by atoms with E-state index >= 15 is 0 Å². The number of para-hydroxylation sites is 1. The number of nitrogens with one attached hydrogen (secondary N) is 1. The Morgan fingerprint density at radius 2 is 2.17 bits per heavy atom. The van der Waals surface area contributed by atoms with Crippen LogP contribution in [0.5, 0.6) is 5.75 Å². The van der Waals surface area contributed by atoms with Gasteiger partial charge in [0.05, 0.1) is 19.0 Å². The number of ether oxygens (including phenoxy) is 2. The third kappa shape index (κ3) is 4.53. The first-order chi connectivity index (χ1) is 14.3. The molecule has 1 saturated heterocycles. The maximum atomic E-state index is 12.2. The molecule has 0 amide bonds. The van der Waals surface area contributed by atoms with Gasteiger partial charge in [-0.05, 0) is 12.1 Å². The average molecular weight is 453 g/mol. The van der Waals surface area contributed by atoms with Gasteiger partial charge in [0, 0.05) is 6.42 Å². The van der Waals surface area contributed by atoms with Crippen molar-refractivity contribution in [3.63, 3.8) is 0 Å². The minimum absolute atomic E-state index is 0.0906. The summed E-state index contributed by atoms with van der Waals surface area (Å²) in [5, 5.41) is 10.3. The normalized spacial score (nSPS) is 23.5. The largest absolute Gasteiger partial charge is 0.423 e. The van der Waals surface area contributed by atoms with E-state index in [1.54, 1.807) is 34.9 Å². The van der Waals surface area contributed by atoms with Crippen LogP contribution in [0.1, 0.15) is 12.6 Å². The van der Waals surface area contributed by atoms with Crippen molar-refractivity contribution in [2.24, 2.45) is 0 Å². The van der Waals surface area contributed by atoms with Gasteiger partial charge in [0.15, 0.2) is 16.9 Å². The predicted molar refractivity (Wildman–Crippen MR) is 109 cm³/mol. The monoisotopic (exact) mass is 453 g/mol. The number of hydrogen-bond acceptors (Lipinski definition) is 9. The van der Waals surface area contributed by atoms with Crippen molar-refractivity contribution in [3.8, 4) is 5.75 Å². The summed E-state index contributed by atoms with van der Waals surface area (Å²) in [6.45, 7) is -0.0906. The Morgan fingerprint density at radius 3 is 2.93 bits per heavy atom. The van der Waals surface area contributed by atoms with Crippen LogP contribution in [0.15, 0.2) is 36.7 Å². The van der Waals surface area contributed by atoms with E-state index in [1.807, 2.05) is 0 Å². The summed E-state index contributed by atoms with van der Waals surface area (Å²) in [6.07, 6.45) is -0.849. The molecule has 0 saturated carbocycles. The number of fused-ring (bicyclic) bond motifs is 1. The van der Waals surface area contributed by atoms with Gasteiger partial charge in [-0.25, -0.2) is 14.5 Å². The highest BCUT2D eigenvalue weighted by atomic mass is 32.1. The van der Waals surface area contributed by atoms with Crippen LogP contribution in [0.25, 0.3) is 11.2 Å². The first-order valence-corrected chi connectivity index (χ1v) is 11.2. The van der Waals surface area contributed by atoms with Gasteiger partial charge in [-0.1, -0.05) is 30.4 Å². The van der Waals surface area contributed by atoms with E-state index in [2.05, 4.69) is 15.0 Å². The molecule has 4 atom stereocenters. The molecular formula is C17H20N5O6PS. The molecule has 30 heavy (non-hydrogen) atoms. The second kappa shape index (κ2) is 8.42. The SMILES string of the molecule is Nc1nc(=S)c2ncn([C@H]3C[C@H](O)[C@@H](COCP(=O)(O)Oc4ccccc4)O3)c2[nH]1. The topological polar surface area (TPSA) is 158 Å². The van der Waals surface area contributed by atoms with Crippen LogP contribution in [0.3, 0.4) is 0 Å². The van der Waals surface area contributed by atoms with E-state index in [1.165, 1.54) is 6.33 Å². The number of aliphatic hydroxyl groups is 1. The summed E-state index contributed by atoms with van der Waals surface area (Å²) in [6, 6.07) is 8.28. The van der Waals surface area contributed by atoms with Crippen molar-refractivity contribution in [2.75, 3.05) is 18.7 Å². The molecular weight excluding hydrogens is 433 g/mol. The number of benzene rings is 1. The molecule has 3 heterocycles. The van der Waals surface area contributed by atoms with Crippen molar-refractivity contribution < 1.29 is 28.6 Å². The molecule has 1 aliphatic heterocycles. The van der Waals surface area contributed by atoms with Crippen molar-refractivity contribution in [1.82, 2.24) is 19.5 Å². The highest BCUT2D eigenvalue weighted by molar-refractivity contribution is 7.71.